The summed E-state index contributed by atoms with van der Waals surface area (Å²) in [6, 6.07) is 7.75. The van der Waals surface area contributed by atoms with Crippen molar-refractivity contribution in [3.05, 3.63) is 51.0 Å². The molecule has 0 atom stereocenters. The molecule has 3 rings (SSSR count). The van der Waals surface area contributed by atoms with E-state index in [9.17, 15) is 4.79 Å². The largest absolute Gasteiger partial charge is 0.478 e. The van der Waals surface area contributed by atoms with Crippen LogP contribution in [-0.2, 0) is 0 Å². The molecule has 0 unspecified atom stereocenters. The summed E-state index contributed by atoms with van der Waals surface area (Å²) in [5.41, 5.74) is 1.91. The lowest BCUT2D eigenvalue weighted by molar-refractivity contribution is 0.0697. The van der Waals surface area contributed by atoms with E-state index < -0.39 is 5.97 Å². The number of benzene rings is 2. The summed E-state index contributed by atoms with van der Waals surface area (Å²) in [6.45, 7) is 0. The van der Waals surface area contributed by atoms with Crippen molar-refractivity contribution in [3.63, 3.8) is 0 Å². The summed E-state index contributed by atoms with van der Waals surface area (Å²) >= 11 is 18.2. The third-order valence-corrected chi connectivity index (χ3v) is 3.79. The molecule has 0 amide bonds. The highest BCUT2D eigenvalue weighted by atomic mass is 35.5. The molecule has 0 saturated carbocycles. The first kappa shape index (κ1) is 14.2. The Morgan fingerprint density at radius 1 is 1.10 bits per heavy atom. The molecule has 0 aliphatic carbocycles. The van der Waals surface area contributed by atoms with Gasteiger partial charge in [-0.15, -0.1) is 0 Å². The minimum atomic E-state index is -1.00. The Bertz CT molecular complexity index is 851. The van der Waals surface area contributed by atoms with Gasteiger partial charge in [0.1, 0.15) is 5.82 Å². The van der Waals surface area contributed by atoms with E-state index in [0.717, 1.165) is 0 Å². The zero-order valence-electron chi connectivity index (χ0n) is 10.3. The number of imidazole rings is 1. The van der Waals surface area contributed by atoms with Crippen LogP contribution in [0.5, 0.6) is 0 Å². The smallest absolute Gasteiger partial charge is 0.335 e. The Labute approximate surface area is 134 Å². The number of fused-ring (bicyclic) bond motifs is 1. The molecule has 0 aliphatic rings. The number of hydrogen-bond donors (Lipinski definition) is 2. The fourth-order valence-electron chi connectivity index (χ4n) is 2.03. The molecule has 2 aromatic carbocycles. The highest BCUT2D eigenvalue weighted by Gasteiger charge is 2.15. The SMILES string of the molecule is O=C(O)c1ccc2nc(-c3c(Cl)cc(Cl)cc3Cl)[nH]c2c1. The summed E-state index contributed by atoms with van der Waals surface area (Å²) < 4.78 is 0. The molecule has 1 aromatic heterocycles. The first-order valence-corrected chi connectivity index (χ1v) is 6.97. The number of nitrogens with zero attached hydrogens (tertiary/aromatic N) is 1. The predicted molar refractivity (Wildman–Crippen MR) is 83.5 cm³/mol. The number of hydrogen-bond acceptors (Lipinski definition) is 2. The van der Waals surface area contributed by atoms with E-state index in [0.29, 0.717) is 37.5 Å². The van der Waals surface area contributed by atoms with Crippen molar-refractivity contribution in [2.45, 2.75) is 0 Å². The van der Waals surface area contributed by atoms with Crippen LogP contribution in [0, 0.1) is 0 Å². The summed E-state index contributed by atoms with van der Waals surface area (Å²) in [5.74, 6) is -0.546. The van der Waals surface area contributed by atoms with E-state index in [4.69, 9.17) is 39.9 Å². The monoisotopic (exact) mass is 340 g/mol. The Kier molecular flexibility index (Phi) is 3.53. The van der Waals surface area contributed by atoms with Crippen LogP contribution >= 0.6 is 34.8 Å². The van der Waals surface area contributed by atoms with E-state index in [1.54, 1.807) is 18.2 Å². The van der Waals surface area contributed by atoms with E-state index in [2.05, 4.69) is 9.97 Å². The lowest BCUT2D eigenvalue weighted by Gasteiger charge is -2.04. The minimum absolute atomic E-state index is 0.172. The van der Waals surface area contributed by atoms with Gasteiger partial charge >= 0.3 is 5.97 Å². The number of aromatic amines is 1. The summed E-state index contributed by atoms with van der Waals surface area (Å²) in [5, 5.41) is 10.2. The number of aromatic nitrogens is 2. The lowest BCUT2D eigenvalue weighted by atomic mass is 10.2. The number of carboxylic acid groups (broad SMARTS) is 1. The van der Waals surface area contributed by atoms with Gasteiger partial charge in [0, 0.05) is 5.02 Å². The molecule has 3 aromatic rings. The van der Waals surface area contributed by atoms with Gasteiger partial charge in [0.2, 0.25) is 0 Å². The molecule has 106 valence electrons. The topological polar surface area (TPSA) is 66.0 Å². The van der Waals surface area contributed by atoms with Gasteiger partial charge in [0.25, 0.3) is 0 Å². The van der Waals surface area contributed by atoms with Crippen LogP contribution in [0.3, 0.4) is 0 Å². The Balaban J connectivity index is 2.20. The van der Waals surface area contributed by atoms with Gasteiger partial charge in [-0.1, -0.05) is 34.8 Å². The molecule has 21 heavy (non-hydrogen) atoms. The average Bonchev–Trinajstić information content (AvgIpc) is 2.79. The van der Waals surface area contributed by atoms with Crippen molar-refractivity contribution in [1.82, 2.24) is 9.97 Å². The second-order valence-corrected chi connectivity index (χ2v) is 5.62. The van der Waals surface area contributed by atoms with E-state index >= 15 is 0 Å². The number of nitrogens with one attached hydrogen (secondary N) is 1. The third kappa shape index (κ3) is 2.58. The molecule has 0 radical (unpaired) electrons. The highest BCUT2D eigenvalue weighted by molar-refractivity contribution is 6.41. The van der Waals surface area contributed by atoms with Crippen molar-refractivity contribution in [3.8, 4) is 11.4 Å². The molecule has 0 bridgehead atoms. The van der Waals surface area contributed by atoms with E-state index in [-0.39, 0.29) is 5.56 Å². The number of carbonyl (C=O) groups is 1. The van der Waals surface area contributed by atoms with Gasteiger partial charge in [-0.05, 0) is 30.3 Å². The highest BCUT2D eigenvalue weighted by Crippen LogP contribution is 2.36. The standard InChI is InChI=1S/C14H7Cl3N2O2/c15-7-4-8(16)12(9(17)5-7)13-18-10-2-1-6(14(20)21)3-11(10)19-13/h1-5H,(H,18,19)(H,20,21). The number of halogens is 3. The molecular weight excluding hydrogens is 335 g/mol. The van der Waals surface area contributed by atoms with Crippen molar-refractivity contribution >= 4 is 51.8 Å². The van der Waals surface area contributed by atoms with Crippen molar-refractivity contribution in [1.29, 1.82) is 0 Å². The Morgan fingerprint density at radius 2 is 1.76 bits per heavy atom. The molecule has 2 N–H and O–H groups in total. The van der Waals surface area contributed by atoms with E-state index in [1.807, 2.05) is 0 Å². The van der Waals surface area contributed by atoms with Crippen LogP contribution < -0.4 is 0 Å². The fraction of sp³-hybridized carbons (Fsp3) is 0. The molecular formula is C14H7Cl3N2O2. The second kappa shape index (κ2) is 5.22. The lowest BCUT2D eigenvalue weighted by Crippen LogP contribution is -1.94. The van der Waals surface area contributed by atoms with E-state index in [1.165, 1.54) is 12.1 Å². The first-order chi connectivity index (χ1) is 9.95. The number of carboxylic acids is 1. The zero-order valence-corrected chi connectivity index (χ0v) is 12.6. The summed E-state index contributed by atoms with van der Waals surface area (Å²) in [4.78, 5) is 18.4. The normalized spacial score (nSPS) is 11.0. The first-order valence-electron chi connectivity index (χ1n) is 5.83. The van der Waals surface area contributed by atoms with Crippen LogP contribution in [0.2, 0.25) is 15.1 Å². The molecule has 0 aliphatic heterocycles. The van der Waals surface area contributed by atoms with Crippen LogP contribution in [0.15, 0.2) is 30.3 Å². The third-order valence-electron chi connectivity index (χ3n) is 2.97. The fourth-order valence-corrected chi connectivity index (χ4v) is 3.03. The second-order valence-electron chi connectivity index (χ2n) is 4.37. The van der Waals surface area contributed by atoms with Crippen molar-refractivity contribution in [2.24, 2.45) is 0 Å². The minimum Gasteiger partial charge on any atom is -0.478 e. The predicted octanol–water partition coefficient (Wildman–Crippen LogP) is 4.89. The molecule has 0 fully saturated rings. The quantitative estimate of drug-likeness (QED) is 0.697. The van der Waals surface area contributed by atoms with Gasteiger partial charge in [0.15, 0.2) is 0 Å². The Morgan fingerprint density at radius 3 is 2.38 bits per heavy atom. The maximum absolute atomic E-state index is 11.0. The summed E-state index contributed by atoms with van der Waals surface area (Å²) in [6.07, 6.45) is 0. The van der Waals surface area contributed by atoms with Crippen LogP contribution in [0.4, 0.5) is 0 Å². The van der Waals surface area contributed by atoms with Crippen molar-refractivity contribution < 1.29 is 9.90 Å². The summed E-state index contributed by atoms with van der Waals surface area (Å²) in [7, 11) is 0. The molecule has 1 heterocycles. The van der Waals surface area contributed by atoms with Gasteiger partial charge in [0.05, 0.1) is 32.2 Å². The molecule has 0 saturated heterocycles. The van der Waals surface area contributed by atoms with Crippen LogP contribution in [0.25, 0.3) is 22.4 Å². The van der Waals surface area contributed by atoms with Gasteiger partial charge in [-0.3, -0.25) is 0 Å². The van der Waals surface area contributed by atoms with Gasteiger partial charge in [-0.2, -0.15) is 0 Å². The molecule has 4 nitrogen and oxygen atoms in total. The molecule has 0 spiro atoms. The Hall–Kier alpha value is -1.75. The number of rotatable bonds is 2. The van der Waals surface area contributed by atoms with Gasteiger partial charge in [-0.25, -0.2) is 9.78 Å². The number of aromatic carboxylic acids is 1. The van der Waals surface area contributed by atoms with Crippen LogP contribution in [0.1, 0.15) is 10.4 Å². The average molecular weight is 342 g/mol. The maximum atomic E-state index is 11.0. The number of H-pyrrole nitrogens is 1. The van der Waals surface area contributed by atoms with Crippen molar-refractivity contribution in [2.75, 3.05) is 0 Å². The van der Waals surface area contributed by atoms with Gasteiger partial charge < -0.3 is 10.1 Å². The van der Waals surface area contributed by atoms with Crippen LogP contribution in [-0.4, -0.2) is 21.0 Å². The maximum Gasteiger partial charge on any atom is 0.335 e. The zero-order chi connectivity index (χ0) is 15.1. The molecule has 7 heteroatoms.